The van der Waals surface area contributed by atoms with Gasteiger partial charge in [0.15, 0.2) is 6.23 Å². The molecule has 6 heteroatoms. The second-order valence-electron chi connectivity index (χ2n) is 2.99. The number of nitrogens with zero attached hydrogens (tertiary/aromatic N) is 1. The fourth-order valence-electron chi connectivity index (χ4n) is 1.41. The van der Waals surface area contributed by atoms with E-state index in [2.05, 4.69) is 0 Å². The van der Waals surface area contributed by atoms with Crippen molar-refractivity contribution in [3.05, 3.63) is 33.9 Å². The molecule has 0 radical (unpaired) electrons. The number of non-ortho nitro benzene ring substituents is 1. The first-order valence-electron chi connectivity index (χ1n) is 4.09. The van der Waals surface area contributed by atoms with E-state index in [-0.39, 0.29) is 11.3 Å². The molecule has 1 unspecified atom stereocenters. The van der Waals surface area contributed by atoms with Gasteiger partial charge in [-0.3, -0.25) is 15.8 Å². The van der Waals surface area contributed by atoms with Crippen LogP contribution in [0.2, 0.25) is 0 Å². The van der Waals surface area contributed by atoms with E-state index in [1.807, 2.05) is 0 Å². The molecular formula is C9H6N2O4. The summed E-state index contributed by atoms with van der Waals surface area (Å²) in [6, 6.07) is 3.96. The Hall–Kier alpha value is -2.17. The normalized spacial score (nSPS) is 17.9. The highest BCUT2D eigenvalue weighted by Crippen LogP contribution is 2.36. The lowest BCUT2D eigenvalue weighted by molar-refractivity contribution is -0.384. The molecule has 76 valence electrons. The van der Waals surface area contributed by atoms with Crippen LogP contribution in [0.25, 0.3) is 5.57 Å². The monoisotopic (exact) mass is 206 g/mol. The molecule has 2 rings (SSSR count). The fraction of sp³-hybridized carbons (Fsp3) is 0.111. The van der Waals surface area contributed by atoms with Gasteiger partial charge in [-0.25, -0.2) is 4.79 Å². The predicted molar refractivity (Wildman–Crippen MR) is 50.8 cm³/mol. The molecule has 0 amide bonds. The fourth-order valence-corrected chi connectivity index (χ4v) is 1.41. The van der Waals surface area contributed by atoms with Crippen LogP contribution in [0, 0.1) is 10.1 Å². The smallest absolute Gasteiger partial charge is 0.270 e. The number of nitrogens with two attached hydrogens (primary N) is 1. The minimum absolute atomic E-state index is 0.105. The average molecular weight is 206 g/mol. The third-order valence-electron chi connectivity index (χ3n) is 2.11. The van der Waals surface area contributed by atoms with E-state index >= 15 is 0 Å². The van der Waals surface area contributed by atoms with E-state index in [4.69, 9.17) is 10.5 Å². The van der Waals surface area contributed by atoms with Crippen molar-refractivity contribution >= 4 is 17.2 Å². The molecule has 0 aliphatic carbocycles. The van der Waals surface area contributed by atoms with Gasteiger partial charge in [0.25, 0.3) is 5.69 Å². The standard InChI is InChI=1S/C9H6N2O4/c10-9-7(4-12)6-3-5(11(13)14)1-2-8(6)15-9/h1-3,9H,10H2. The first-order chi connectivity index (χ1) is 7.13. The third kappa shape index (κ3) is 1.38. The highest BCUT2D eigenvalue weighted by Gasteiger charge is 2.28. The van der Waals surface area contributed by atoms with Gasteiger partial charge < -0.3 is 4.74 Å². The first-order valence-corrected chi connectivity index (χ1v) is 4.09. The number of hydrogen-bond donors (Lipinski definition) is 1. The van der Waals surface area contributed by atoms with E-state index in [0.717, 1.165) is 0 Å². The maximum absolute atomic E-state index is 10.6. The lowest BCUT2D eigenvalue weighted by Gasteiger charge is -2.00. The zero-order valence-electron chi connectivity index (χ0n) is 7.47. The molecule has 1 atom stereocenters. The minimum atomic E-state index is -0.889. The van der Waals surface area contributed by atoms with Crippen LogP contribution >= 0.6 is 0 Å². The van der Waals surface area contributed by atoms with Gasteiger partial charge in [-0.15, -0.1) is 0 Å². The molecule has 1 aliphatic heterocycles. The van der Waals surface area contributed by atoms with Crippen molar-refractivity contribution in [1.82, 2.24) is 0 Å². The molecule has 2 N–H and O–H groups in total. The number of nitro benzene ring substituents is 1. The molecule has 0 bridgehead atoms. The largest absolute Gasteiger partial charge is 0.470 e. The quantitative estimate of drug-likeness (QED) is 0.409. The van der Waals surface area contributed by atoms with Crippen LogP contribution in [-0.4, -0.2) is 17.1 Å². The van der Waals surface area contributed by atoms with Gasteiger partial charge in [0.05, 0.1) is 4.92 Å². The molecule has 0 spiro atoms. The Morgan fingerprint density at radius 2 is 2.27 bits per heavy atom. The Bertz CT molecular complexity index is 491. The molecule has 15 heavy (non-hydrogen) atoms. The van der Waals surface area contributed by atoms with Crippen molar-refractivity contribution in [1.29, 1.82) is 0 Å². The lowest BCUT2D eigenvalue weighted by atomic mass is 10.1. The Balaban J connectivity index is 2.59. The summed E-state index contributed by atoms with van der Waals surface area (Å²) in [7, 11) is 0. The number of hydrogen-bond acceptors (Lipinski definition) is 5. The molecule has 0 aromatic heterocycles. The van der Waals surface area contributed by atoms with E-state index in [1.165, 1.54) is 18.2 Å². The van der Waals surface area contributed by atoms with Crippen molar-refractivity contribution in [3.8, 4) is 5.75 Å². The van der Waals surface area contributed by atoms with Gasteiger partial charge in [-0.2, -0.15) is 0 Å². The van der Waals surface area contributed by atoms with E-state index in [1.54, 1.807) is 5.94 Å². The molecule has 1 heterocycles. The van der Waals surface area contributed by atoms with Crippen molar-refractivity contribution < 1.29 is 14.5 Å². The van der Waals surface area contributed by atoms with Gasteiger partial charge >= 0.3 is 0 Å². The van der Waals surface area contributed by atoms with E-state index in [9.17, 15) is 14.9 Å². The first kappa shape index (κ1) is 9.39. The topological polar surface area (TPSA) is 95.5 Å². The Morgan fingerprint density at radius 3 is 2.87 bits per heavy atom. The Morgan fingerprint density at radius 1 is 1.53 bits per heavy atom. The maximum Gasteiger partial charge on any atom is 0.270 e. The maximum atomic E-state index is 10.6. The summed E-state index contributed by atoms with van der Waals surface area (Å²) in [6.07, 6.45) is -0.889. The molecule has 0 saturated heterocycles. The van der Waals surface area contributed by atoms with Gasteiger partial charge in [0.1, 0.15) is 17.3 Å². The summed E-state index contributed by atoms with van der Waals surface area (Å²) in [6.45, 7) is 0. The summed E-state index contributed by atoms with van der Waals surface area (Å²) < 4.78 is 5.10. The molecule has 1 aromatic carbocycles. The van der Waals surface area contributed by atoms with Crippen molar-refractivity contribution in [2.75, 3.05) is 0 Å². The SMILES string of the molecule is NC1Oc2ccc([N+](=O)[O-])cc2C1=C=O. The number of rotatable bonds is 1. The van der Waals surface area contributed by atoms with E-state index < -0.39 is 11.2 Å². The average Bonchev–Trinajstić information content (AvgIpc) is 2.51. The Labute approximate surface area is 84.1 Å². The van der Waals surface area contributed by atoms with Crippen LogP contribution in [0.3, 0.4) is 0 Å². The van der Waals surface area contributed by atoms with Crippen LogP contribution in [-0.2, 0) is 4.79 Å². The zero-order chi connectivity index (χ0) is 11.0. The van der Waals surface area contributed by atoms with Gasteiger partial charge in [-0.1, -0.05) is 0 Å². The van der Waals surface area contributed by atoms with Crippen LogP contribution in [0.15, 0.2) is 18.2 Å². The highest BCUT2D eigenvalue weighted by atomic mass is 16.6. The third-order valence-corrected chi connectivity index (χ3v) is 2.11. The van der Waals surface area contributed by atoms with Crippen LogP contribution in [0.4, 0.5) is 5.69 Å². The summed E-state index contributed by atoms with van der Waals surface area (Å²) in [5, 5.41) is 10.5. The molecule has 0 fully saturated rings. The van der Waals surface area contributed by atoms with Crippen LogP contribution < -0.4 is 10.5 Å². The van der Waals surface area contributed by atoms with E-state index in [0.29, 0.717) is 11.3 Å². The van der Waals surface area contributed by atoms with Crippen LogP contribution in [0.1, 0.15) is 5.56 Å². The molecular weight excluding hydrogens is 200 g/mol. The summed E-state index contributed by atoms with van der Waals surface area (Å²) >= 11 is 0. The molecule has 0 saturated carbocycles. The number of fused-ring (bicyclic) bond motifs is 1. The van der Waals surface area contributed by atoms with Gasteiger partial charge in [-0.05, 0) is 6.07 Å². The number of ether oxygens (including phenoxy) is 1. The molecule has 6 nitrogen and oxygen atoms in total. The Kier molecular flexibility index (Phi) is 2.00. The predicted octanol–water partition coefficient (Wildman–Crippen LogP) is 0.487. The number of benzene rings is 1. The number of carbonyl (C=O) groups excluding carboxylic acids is 1. The molecule has 1 aliphatic rings. The number of nitro groups is 1. The second kappa shape index (κ2) is 3.20. The van der Waals surface area contributed by atoms with Crippen LogP contribution in [0.5, 0.6) is 5.75 Å². The highest BCUT2D eigenvalue weighted by molar-refractivity contribution is 5.94. The molecule has 1 aromatic rings. The summed E-state index contributed by atoms with van der Waals surface area (Å²) in [4.78, 5) is 20.5. The van der Waals surface area contributed by atoms with Crippen molar-refractivity contribution in [3.63, 3.8) is 0 Å². The van der Waals surface area contributed by atoms with Crippen molar-refractivity contribution in [2.45, 2.75) is 6.23 Å². The van der Waals surface area contributed by atoms with Crippen molar-refractivity contribution in [2.24, 2.45) is 5.73 Å². The minimum Gasteiger partial charge on any atom is -0.470 e. The lowest BCUT2D eigenvalue weighted by Crippen LogP contribution is -2.23. The van der Waals surface area contributed by atoms with Gasteiger partial charge in [0, 0.05) is 17.7 Å². The second-order valence-corrected chi connectivity index (χ2v) is 2.99. The van der Waals surface area contributed by atoms with Gasteiger partial charge in [0.2, 0.25) is 0 Å². The summed E-state index contributed by atoms with van der Waals surface area (Å²) in [5.41, 5.74) is 5.81. The zero-order valence-corrected chi connectivity index (χ0v) is 7.47. The summed E-state index contributed by atoms with van der Waals surface area (Å²) in [5.74, 6) is 2.00.